The van der Waals surface area contributed by atoms with Crippen molar-refractivity contribution in [3.8, 4) is 0 Å². The summed E-state index contributed by atoms with van der Waals surface area (Å²) < 4.78 is 11.9. The molecule has 0 fully saturated rings. The van der Waals surface area contributed by atoms with Gasteiger partial charge in [0, 0.05) is 31.7 Å². The van der Waals surface area contributed by atoms with Crippen molar-refractivity contribution >= 4 is 88.7 Å². The smallest absolute Gasteiger partial charge is 0.130 e. The molecule has 0 radical (unpaired) electrons. The minimum Gasteiger partial charge on any atom is -0.308 e. The lowest BCUT2D eigenvalue weighted by Gasteiger charge is -2.29. The van der Waals surface area contributed by atoms with Gasteiger partial charge in [-0.1, -0.05) is 82.8 Å². The van der Waals surface area contributed by atoms with Crippen molar-refractivity contribution < 1.29 is 0 Å². The van der Waals surface area contributed by atoms with E-state index >= 15 is 0 Å². The summed E-state index contributed by atoms with van der Waals surface area (Å²) in [5.74, 6) is 0. The first-order valence-corrected chi connectivity index (χ1v) is 17.9. The first-order valence-electron chi connectivity index (χ1n) is 15.6. The third kappa shape index (κ3) is 7.16. The second-order valence-corrected chi connectivity index (χ2v) is 13.6. The second-order valence-electron chi connectivity index (χ2n) is 11.2. The maximum absolute atomic E-state index is 4.90. The van der Waals surface area contributed by atoms with E-state index in [0.717, 1.165) is 66.9 Å². The molecule has 0 saturated carbocycles. The number of aromatic nitrogens is 2. The molecule has 0 bridgehead atoms. The topological polar surface area (TPSA) is 32.3 Å². The fraction of sp³-hybridized carbons (Fsp3) is 0.211. The summed E-state index contributed by atoms with van der Waals surface area (Å²) in [5, 5.41) is 0. The minimum absolute atomic E-state index is 0.872. The van der Waals surface area contributed by atoms with Gasteiger partial charge in [0.25, 0.3) is 0 Å². The molecule has 1 aromatic heterocycles. The summed E-state index contributed by atoms with van der Waals surface area (Å²) in [4.78, 5) is 4.58. The van der Waals surface area contributed by atoms with Crippen molar-refractivity contribution in [3.63, 3.8) is 0 Å². The molecular weight excluding hydrogens is 704 g/mol. The van der Waals surface area contributed by atoms with Crippen molar-refractivity contribution in [1.82, 2.24) is 8.75 Å². The zero-order valence-electron chi connectivity index (χ0n) is 25.6. The highest BCUT2D eigenvalue weighted by atomic mass is 79.9. The summed E-state index contributed by atoms with van der Waals surface area (Å²) in [6.45, 7) is 4.47. The van der Waals surface area contributed by atoms with Gasteiger partial charge in [-0.3, -0.25) is 0 Å². The fourth-order valence-electron chi connectivity index (χ4n) is 5.62. The van der Waals surface area contributed by atoms with Crippen molar-refractivity contribution in [2.45, 2.75) is 52.4 Å². The molecule has 6 rings (SSSR count). The monoisotopic (exact) mass is 738 g/mol. The van der Waals surface area contributed by atoms with Crippen molar-refractivity contribution in [3.05, 3.63) is 129 Å². The Kier molecular flexibility index (Phi) is 10.3. The zero-order valence-corrected chi connectivity index (χ0v) is 29.6. The quantitative estimate of drug-likeness (QED) is 0.125. The Morgan fingerprint density at radius 1 is 0.489 bits per heavy atom. The number of hydrogen-bond acceptors (Lipinski definition) is 5. The number of halogens is 2. The molecule has 0 N–H and O–H groups in total. The summed E-state index contributed by atoms with van der Waals surface area (Å²) in [7, 11) is 0. The Morgan fingerprint density at radius 3 is 1.16 bits per heavy atom. The Hall–Kier alpha value is -3.52. The predicted molar refractivity (Wildman–Crippen MR) is 199 cm³/mol. The molecule has 0 atom stereocenters. The first-order chi connectivity index (χ1) is 22.1. The van der Waals surface area contributed by atoms with Crippen LogP contribution in [0.4, 0.5) is 34.1 Å². The van der Waals surface area contributed by atoms with E-state index in [9.17, 15) is 0 Å². The van der Waals surface area contributed by atoms with Gasteiger partial charge in [-0.25, -0.2) is 0 Å². The average molecular weight is 741 g/mol. The van der Waals surface area contributed by atoms with Crippen LogP contribution in [0, 0.1) is 0 Å². The Balaban J connectivity index is 1.48. The summed E-state index contributed by atoms with van der Waals surface area (Å²) in [6, 6.07) is 39.2. The van der Waals surface area contributed by atoms with Crippen LogP contribution in [0.1, 0.15) is 50.7 Å². The third-order valence-electron chi connectivity index (χ3n) is 8.05. The lowest BCUT2D eigenvalue weighted by atomic mass is 10.1. The van der Waals surface area contributed by atoms with Crippen LogP contribution in [0.3, 0.4) is 0 Å². The highest BCUT2D eigenvalue weighted by molar-refractivity contribution is 9.10. The van der Waals surface area contributed by atoms with Gasteiger partial charge >= 0.3 is 0 Å². The number of nitrogens with zero attached hydrogens (tertiary/aromatic N) is 4. The molecule has 228 valence electrons. The molecule has 1 heterocycles. The van der Waals surface area contributed by atoms with Gasteiger partial charge in [-0.15, -0.1) is 0 Å². The summed E-state index contributed by atoms with van der Waals surface area (Å²) >= 11 is 8.49. The fourth-order valence-corrected chi connectivity index (χ4v) is 6.71. The Labute approximate surface area is 287 Å². The van der Waals surface area contributed by atoms with Crippen LogP contribution in [0.2, 0.25) is 0 Å². The van der Waals surface area contributed by atoms with Gasteiger partial charge in [0.15, 0.2) is 0 Å². The number of anilines is 6. The van der Waals surface area contributed by atoms with Gasteiger partial charge in [0.1, 0.15) is 11.0 Å². The molecule has 7 heteroatoms. The molecular formula is C38H36Br2N4S. The number of fused-ring (bicyclic) bond motifs is 1. The van der Waals surface area contributed by atoms with Crippen LogP contribution in [0.25, 0.3) is 11.0 Å². The molecule has 5 aromatic carbocycles. The highest BCUT2D eigenvalue weighted by Gasteiger charge is 2.23. The predicted octanol–water partition coefficient (Wildman–Crippen LogP) is 12.8. The number of hydrogen-bond donors (Lipinski definition) is 0. The molecule has 0 unspecified atom stereocenters. The molecule has 0 amide bonds. The van der Waals surface area contributed by atoms with E-state index in [-0.39, 0.29) is 0 Å². The average Bonchev–Trinajstić information content (AvgIpc) is 3.57. The number of benzene rings is 5. The molecule has 0 spiro atoms. The minimum atomic E-state index is 0.872. The van der Waals surface area contributed by atoms with E-state index in [2.05, 4.69) is 165 Å². The maximum atomic E-state index is 4.90. The van der Waals surface area contributed by atoms with E-state index in [1.807, 2.05) is 0 Å². The van der Waals surface area contributed by atoms with Gasteiger partial charge in [-0.2, -0.15) is 8.75 Å². The van der Waals surface area contributed by atoms with Crippen LogP contribution in [-0.4, -0.2) is 8.75 Å². The van der Waals surface area contributed by atoms with E-state index in [0.29, 0.717) is 0 Å². The number of aryl methyl sites for hydroxylation is 2. The first kappa shape index (κ1) is 31.5. The van der Waals surface area contributed by atoms with E-state index < -0.39 is 0 Å². The lowest BCUT2D eigenvalue weighted by molar-refractivity contribution is 0.795. The van der Waals surface area contributed by atoms with E-state index in [1.165, 1.54) is 48.5 Å². The largest absolute Gasteiger partial charge is 0.308 e. The molecule has 4 nitrogen and oxygen atoms in total. The van der Waals surface area contributed by atoms with Crippen molar-refractivity contribution in [1.29, 1.82) is 0 Å². The van der Waals surface area contributed by atoms with Crippen LogP contribution in [0.5, 0.6) is 0 Å². The lowest BCUT2D eigenvalue weighted by Crippen LogP contribution is -2.13. The highest BCUT2D eigenvalue weighted by Crippen LogP contribution is 2.44. The zero-order chi connectivity index (χ0) is 31.2. The molecule has 0 aliphatic rings. The Morgan fingerprint density at radius 2 is 0.822 bits per heavy atom. The third-order valence-corrected chi connectivity index (χ3v) is 9.64. The van der Waals surface area contributed by atoms with Crippen LogP contribution < -0.4 is 9.80 Å². The molecule has 0 saturated heterocycles. The summed E-state index contributed by atoms with van der Waals surface area (Å²) in [6.07, 6.45) is 6.95. The van der Waals surface area contributed by atoms with Gasteiger partial charge in [0.2, 0.25) is 0 Å². The van der Waals surface area contributed by atoms with Crippen LogP contribution in [-0.2, 0) is 12.8 Å². The Bertz CT molecular complexity index is 1700. The molecule has 6 aromatic rings. The van der Waals surface area contributed by atoms with Gasteiger partial charge in [-0.05, 0) is 122 Å². The standard InChI is InChI=1S/C38H36Br2N4S/c1-3-5-7-27-9-17-31(18-10-27)43(33-21-13-29(39)14-22-33)35-25-26-36(38-37(35)41-45-42-38)44(34-23-15-30(40)16-24-34)32-19-11-28(12-20-32)8-6-4-2/h9-26H,3-8H2,1-2H3. The second kappa shape index (κ2) is 14.7. The van der Waals surface area contributed by atoms with Crippen LogP contribution in [0.15, 0.2) is 118 Å². The molecule has 0 aliphatic heterocycles. The van der Waals surface area contributed by atoms with E-state index in [4.69, 9.17) is 8.75 Å². The van der Waals surface area contributed by atoms with E-state index in [1.54, 1.807) is 0 Å². The number of unbranched alkanes of at least 4 members (excludes halogenated alkanes) is 2. The van der Waals surface area contributed by atoms with Crippen molar-refractivity contribution in [2.24, 2.45) is 0 Å². The SMILES string of the molecule is CCCCc1ccc(N(c2ccc(Br)cc2)c2ccc(N(c3ccc(Br)cc3)c3ccc(CCCC)cc3)c3nsnc23)cc1. The van der Waals surface area contributed by atoms with Crippen molar-refractivity contribution in [2.75, 3.05) is 9.80 Å². The molecule has 0 aliphatic carbocycles. The summed E-state index contributed by atoms with van der Waals surface area (Å²) in [5.41, 5.74) is 10.8. The van der Waals surface area contributed by atoms with Crippen LogP contribution >= 0.6 is 43.6 Å². The van der Waals surface area contributed by atoms with Gasteiger partial charge in [0.05, 0.1) is 23.1 Å². The molecule has 45 heavy (non-hydrogen) atoms. The number of rotatable bonds is 12. The maximum Gasteiger partial charge on any atom is 0.130 e. The van der Waals surface area contributed by atoms with Gasteiger partial charge < -0.3 is 9.80 Å². The normalized spacial score (nSPS) is 11.2.